The molecule has 1 aliphatic rings. The largest absolute Gasteiger partial charge is 0.432 e. The topological polar surface area (TPSA) is 50.8 Å². The van der Waals surface area contributed by atoms with Crippen LogP contribution in [0.15, 0.2) is 66.7 Å². The van der Waals surface area contributed by atoms with E-state index in [1.54, 1.807) is 24.3 Å². The second-order valence-electron chi connectivity index (χ2n) is 6.48. The molecule has 1 saturated heterocycles. The molecule has 28 heavy (non-hydrogen) atoms. The minimum absolute atomic E-state index is 0.195. The molecule has 3 aromatic rings. The predicted octanol–water partition coefficient (Wildman–Crippen LogP) is 4.09. The monoisotopic (exact) mass is 392 g/mol. The van der Waals surface area contributed by atoms with Gasteiger partial charge < -0.3 is 19.7 Å². The molecule has 0 aliphatic carbocycles. The lowest BCUT2D eigenvalue weighted by Crippen LogP contribution is -2.42. The molecule has 3 aromatic carbocycles. The lowest BCUT2D eigenvalue weighted by Gasteiger charge is -2.28. The first-order chi connectivity index (χ1) is 13.7. The Morgan fingerprint density at radius 3 is 2.61 bits per heavy atom. The first kappa shape index (κ1) is 18.4. The number of thiocarbonyl (C=S) groups is 1. The SMILES string of the molecule is O=C(Nc1cccc2ccccc12)c1cccc(OC(=S)N2CCOCC2)c1. The number of nitrogens with one attached hydrogen (secondary N) is 1. The lowest BCUT2D eigenvalue weighted by molar-refractivity contribution is 0.0631. The highest BCUT2D eigenvalue weighted by Crippen LogP contribution is 2.24. The molecule has 6 heteroatoms. The number of anilines is 1. The zero-order chi connectivity index (χ0) is 19.3. The molecule has 142 valence electrons. The summed E-state index contributed by atoms with van der Waals surface area (Å²) in [6, 6.07) is 20.8. The molecule has 5 nitrogen and oxygen atoms in total. The van der Waals surface area contributed by atoms with Crippen molar-refractivity contribution in [1.29, 1.82) is 0 Å². The molecule has 0 radical (unpaired) electrons. The van der Waals surface area contributed by atoms with Gasteiger partial charge in [0, 0.05) is 29.7 Å². The van der Waals surface area contributed by atoms with Crippen LogP contribution in [0.3, 0.4) is 0 Å². The Balaban J connectivity index is 1.49. The minimum Gasteiger partial charge on any atom is -0.432 e. The number of nitrogens with zero attached hydrogens (tertiary/aromatic N) is 1. The van der Waals surface area contributed by atoms with Crippen LogP contribution in [-0.4, -0.2) is 42.3 Å². The van der Waals surface area contributed by atoms with Crippen molar-refractivity contribution in [2.24, 2.45) is 0 Å². The van der Waals surface area contributed by atoms with E-state index in [4.69, 9.17) is 21.7 Å². The maximum atomic E-state index is 12.8. The fraction of sp³-hybridized carbons (Fsp3) is 0.182. The molecular weight excluding hydrogens is 372 g/mol. The fourth-order valence-corrected chi connectivity index (χ4v) is 3.42. The van der Waals surface area contributed by atoms with E-state index in [1.165, 1.54) is 0 Å². The van der Waals surface area contributed by atoms with Crippen molar-refractivity contribution in [2.75, 3.05) is 31.6 Å². The number of benzene rings is 3. The van der Waals surface area contributed by atoms with Crippen LogP contribution in [-0.2, 0) is 4.74 Å². The molecule has 0 spiro atoms. The normalized spacial score (nSPS) is 13.9. The van der Waals surface area contributed by atoms with Gasteiger partial charge in [-0.3, -0.25) is 4.79 Å². The van der Waals surface area contributed by atoms with Crippen LogP contribution in [0.25, 0.3) is 10.8 Å². The van der Waals surface area contributed by atoms with Crippen LogP contribution in [0.4, 0.5) is 5.69 Å². The second kappa shape index (κ2) is 8.37. The van der Waals surface area contributed by atoms with E-state index in [0.717, 1.165) is 16.5 Å². The number of fused-ring (bicyclic) bond motifs is 1. The van der Waals surface area contributed by atoms with E-state index in [0.29, 0.717) is 42.8 Å². The van der Waals surface area contributed by atoms with Crippen LogP contribution in [0.5, 0.6) is 5.75 Å². The van der Waals surface area contributed by atoms with E-state index < -0.39 is 0 Å². The number of carbonyl (C=O) groups excluding carboxylic acids is 1. The maximum absolute atomic E-state index is 12.8. The van der Waals surface area contributed by atoms with Crippen LogP contribution in [0.1, 0.15) is 10.4 Å². The first-order valence-corrected chi connectivity index (χ1v) is 9.55. The first-order valence-electron chi connectivity index (χ1n) is 9.14. The summed E-state index contributed by atoms with van der Waals surface area (Å²) in [5, 5.41) is 5.47. The quantitative estimate of drug-likeness (QED) is 0.681. The van der Waals surface area contributed by atoms with Crippen molar-refractivity contribution in [3.8, 4) is 5.75 Å². The van der Waals surface area contributed by atoms with Crippen molar-refractivity contribution in [3.05, 3.63) is 72.3 Å². The van der Waals surface area contributed by atoms with E-state index >= 15 is 0 Å². The van der Waals surface area contributed by atoms with E-state index in [2.05, 4.69) is 5.32 Å². The number of hydrogen-bond donors (Lipinski definition) is 1. The molecule has 0 bridgehead atoms. The zero-order valence-corrected chi connectivity index (χ0v) is 16.1. The Labute approximate surface area is 168 Å². The summed E-state index contributed by atoms with van der Waals surface area (Å²) in [6.45, 7) is 2.69. The summed E-state index contributed by atoms with van der Waals surface area (Å²) in [7, 11) is 0. The molecule has 0 atom stereocenters. The second-order valence-corrected chi connectivity index (χ2v) is 6.83. The van der Waals surface area contributed by atoms with Crippen molar-refractivity contribution in [3.63, 3.8) is 0 Å². The summed E-state index contributed by atoms with van der Waals surface area (Å²) < 4.78 is 11.1. The molecule has 1 N–H and O–H groups in total. The van der Waals surface area contributed by atoms with Crippen molar-refractivity contribution >= 4 is 39.8 Å². The fourth-order valence-electron chi connectivity index (χ4n) is 3.14. The van der Waals surface area contributed by atoms with Gasteiger partial charge >= 0.3 is 0 Å². The number of rotatable bonds is 3. The number of morpholine rings is 1. The Morgan fingerprint density at radius 1 is 1.00 bits per heavy atom. The number of ether oxygens (including phenoxy) is 2. The number of amides is 1. The van der Waals surface area contributed by atoms with Gasteiger partial charge in [0.15, 0.2) is 0 Å². The van der Waals surface area contributed by atoms with Crippen LogP contribution < -0.4 is 10.1 Å². The molecule has 1 amide bonds. The van der Waals surface area contributed by atoms with Gasteiger partial charge in [-0.25, -0.2) is 0 Å². The highest BCUT2D eigenvalue weighted by Gasteiger charge is 2.16. The van der Waals surface area contributed by atoms with Crippen LogP contribution >= 0.6 is 12.2 Å². The number of hydrogen-bond acceptors (Lipinski definition) is 4. The molecule has 4 rings (SSSR count). The van der Waals surface area contributed by atoms with Crippen LogP contribution in [0.2, 0.25) is 0 Å². The van der Waals surface area contributed by atoms with Crippen molar-refractivity contribution in [2.45, 2.75) is 0 Å². The average Bonchev–Trinajstić information content (AvgIpc) is 2.75. The molecule has 0 unspecified atom stereocenters. The predicted molar refractivity (Wildman–Crippen MR) is 114 cm³/mol. The van der Waals surface area contributed by atoms with Gasteiger partial charge in [0.05, 0.1) is 13.2 Å². The molecule has 0 saturated carbocycles. The van der Waals surface area contributed by atoms with Crippen LogP contribution in [0, 0.1) is 0 Å². The van der Waals surface area contributed by atoms with E-state index in [-0.39, 0.29) is 5.91 Å². The Hall–Kier alpha value is -2.96. The third kappa shape index (κ3) is 4.13. The number of carbonyl (C=O) groups is 1. The summed E-state index contributed by atoms with van der Waals surface area (Å²) in [5.74, 6) is 0.348. The summed E-state index contributed by atoms with van der Waals surface area (Å²) in [6.07, 6.45) is 0. The summed E-state index contributed by atoms with van der Waals surface area (Å²) in [4.78, 5) is 14.7. The van der Waals surface area contributed by atoms with E-state index in [9.17, 15) is 4.79 Å². The third-order valence-corrected chi connectivity index (χ3v) is 4.95. The highest BCUT2D eigenvalue weighted by atomic mass is 32.1. The molecule has 1 heterocycles. The molecule has 1 fully saturated rings. The van der Waals surface area contributed by atoms with Gasteiger partial charge in [0.25, 0.3) is 11.1 Å². The van der Waals surface area contributed by atoms with Gasteiger partial charge in [-0.15, -0.1) is 0 Å². The Bertz CT molecular complexity index is 1010. The van der Waals surface area contributed by atoms with Gasteiger partial charge in [-0.2, -0.15) is 0 Å². The van der Waals surface area contributed by atoms with Crippen molar-refractivity contribution < 1.29 is 14.3 Å². The molecule has 0 aromatic heterocycles. The smallest absolute Gasteiger partial charge is 0.264 e. The minimum atomic E-state index is -0.195. The van der Waals surface area contributed by atoms with Gasteiger partial charge in [0.1, 0.15) is 5.75 Å². The third-order valence-electron chi connectivity index (χ3n) is 4.61. The Kier molecular flexibility index (Phi) is 5.50. The van der Waals surface area contributed by atoms with Crippen molar-refractivity contribution in [1.82, 2.24) is 4.90 Å². The standard InChI is InChI=1S/C22H20N2O3S/c25-21(23-20-10-4-6-16-5-1-2-9-19(16)20)17-7-3-8-18(15-17)27-22(28)24-11-13-26-14-12-24/h1-10,15H,11-14H2,(H,23,25). The summed E-state index contributed by atoms with van der Waals surface area (Å²) >= 11 is 5.37. The maximum Gasteiger partial charge on any atom is 0.264 e. The highest BCUT2D eigenvalue weighted by molar-refractivity contribution is 7.80. The van der Waals surface area contributed by atoms with Gasteiger partial charge in [-0.1, -0.05) is 42.5 Å². The Morgan fingerprint density at radius 2 is 1.75 bits per heavy atom. The van der Waals surface area contributed by atoms with E-state index in [1.807, 2.05) is 47.4 Å². The average molecular weight is 392 g/mol. The van der Waals surface area contributed by atoms with Gasteiger partial charge in [0.2, 0.25) is 0 Å². The zero-order valence-electron chi connectivity index (χ0n) is 15.3. The lowest BCUT2D eigenvalue weighted by atomic mass is 10.1. The molecular formula is C22H20N2O3S. The molecule has 1 aliphatic heterocycles. The summed E-state index contributed by atoms with van der Waals surface area (Å²) in [5.41, 5.74) is 1.29. The van der Waals surface area contributed by atoms with Gasteiger partial charge in [-0.05, 0) is 41.9 Å².